The number of nitrogens with zero attached hydrogens (tertiary/aromatic N) is 3. The number of aryl methyl sites for hydroxylation is 1. The second-order valence-electron chi connectivity index (χ2n) is 6.32. The van der Waals surface area contributed by atoms with Crippen LogP contribution in [-0.2, 0) is 20.7 Å². The molecule has 2 saturated heterocycles. The fourth-order valence-electron chi connectivity index (χ4n) is 3.44. The van der Waals surface area contributed by atoms with Crippen LogP contribution in [0.4, 0.5) is 0 Å². The third-order valence-corrected chi connectivity index (χ3v) is 4.75. The SMILES string of the molecule is Cc1cccn2cc(CC(=O)N3CCC4(CC3)OCCO4)nc12. The highest BCUT2D eigenvalue weighted by molar-refractivity contribution is 5.78. The Hall–Kier alpha value is -1.92. The Balaban J connectivity index is 1.42. The molecule has 2 fully saturated rings. The van der Waals surface area contributed by atoms with Crippen molar-refractivity contribution in [3.8, 4) is 0 Å². The maximum absolute atomic E-state index is 12.5. The first-order valence-corrected chi connectivity index (χ1v) is 8.14. The van der Waals surface area contributed by atoms with Gasteiger partial charge in [0.1, 0.15) is 5.65 Å². The van der Waals surface area contributed by atoms with Crippen LogP contribution in [0.25, 0.3) is 5.65 Å². The molecule has 0 saturated carbocycles. The molecule has 23 heavy (non-hydrogen) atoms. The lowest BCUT2D eigenvalue weighted by Gasteiger charge is -2.37. The van der Waals surface area contributed by atoms with Crippen molar-refractivity contribution in [2.45, 2.75) is 32.0 Å². The van der Waals surface area contributed by atoms with E-state index in [1.54, 1.807) is 0 Å². The minimum Gasteiger partial charge on any atom is -0.347 e. The lowest BCUT2D eigenvalue weighted by atomic mass is 10.0. The van der Waals surface area contributed by atoms with Crippen LogP contribution in [0.15, 0.2) is 24.5 Å². The number of carbonyl (C=O) groups excluding carboxylic acids is 1. The molecule has 4 rings (SSSR count). The van der Waals surface area contributed by atoms with E-state index in [1.165, 1.54) is 0 Å². The third-order valence-electron chi connectivity index (χ3n) is 4.75. The number of aromatic nitrogens is 2. The molecule has 0 atom stereocenters. The van der Waals surface area contributed by atoms with Crippen LogP contribution in [0.3, 0.4) is 0 Å². The fourth-order valence-corrected chi connectivity index (χ4v) is 3.44. The highest BCUT2D eigenvalue weighted by atomic mass is 16.7. The Labute approximate surface area is 135 Å². The zero-order valence-electron chi connectivity index (χ0n) is 13.3. The van der Waals surface area contributed by atoms with Gasteiger partial charge in [-0.3, -0.25) is 4.79 Å². The molecule has 1 amide bonds. The van der Waals surface area contributed by atoms with E-state index in [0.717, 1.165) is 29.7 Å². The maximum Gasteiger partial charge on any atom is 0.228 e. The van der Waals surface area contributed by atoms with Crippen LogP contribution >= 0.6 is 0 Å². The molecular weight excluding hydrogens is 294 g/mol. The van der Waals surface area contributed by atoms with Gasteiger partial charge < -0.3 is 18.8 Å². The van der Waals surface area contributed by atoms with Gasteiger partial charge in [-0.15, -0.1) is 0 Å². The normalized spacial score (nSPS) is 20.5. The van der Waals surface area contributed by atoms with Crippen LogP contribution in [0, 0.1) is 6.92 Å². The summed E-state index contributed by atoms with van der Waals surface area (Å²) in [7, 11) is 0. The summed E-state index contributed by atoms with van der Waals surface area (Å²) in [5.74, 6) is -0.310. The van der Waals surface area contributed by atoms with Gasteiger partial charge in [0.05, 0.1) is 25.3 Å². The van der Waals surface area contributed by atoms with Crippen LogP contribution in [0.1, 0.15) is 24.1 Å². The largest absolute Gasteiger partial charge is 0.347 e. The number of piperidine rings is 1. The van der Waals surface area contributed by atoms with Gasteiger partial charge >= 0.3 is 0 Å². The fraction of sp³-hybridized carbons (Fsp3) is 0.529. The van der Waals surface area contributed by atoms with Gasteiger partial charge in [0.2, 0.25) is 5.91 Å². The Morgan fingerprint density at radius 3 is 2.74 bits per heavy atom. The summed E-state index contributed by atoms with van der Waals surface area (Å²) in [6.45, 7) is 4.72. The van der Waals surface area contributed by atoms with Crippen LogP contribution in [-0.4, -0.2) is 52.3 Å². The van der Waals surface area contributed by atoms with Gasteiger partial charge in [-0.05, 0) is 18.6 Å². The maximum atomic E-state index is 12.5. The van der Waals surface area contributed by atoms with Crippen molar-refractivity contribution in [1.82, 2.24) is 14.3 Å². The summed E-state index contributed by atoms with van der Waals surface area (Å²) in [6, 6.07) is 4.01. The third kappa shape index (κ3) is 2.72. The highest BCUT2D eigenvalue weighted by Crippen LogP contribution is 2.31. The number of fused-ring (bicyclic) bond motifs is 1. The second kappa shape index (κ2) is 5.62. The number of pyridine rings is 1. The molecule has 1 spiro atoms. The first kappa shape index (κ1) is 14.7. The summed E-state index contributed by atoms with van der Waals surface area (Å²) in [5, 5.41) is 0. The minimum absolute atomic E-state index is 0.124. The minimum atomic E-state index is -0.434. The van der Waals surface area contributed by atoms with E-state index in [9.17, 15) is 4.79 Å². The van der Waals surface area contributed by atoms with Gasteiger partial charge in [0.15, 0.2) is 5.79 Å². The first-order chi connectivity index (χ1) is 11.2. The number of rotatable bonds is 2. The number of carbonyl (C=O) groups is 1. The molecule has 0 radical (unpaired) electrons. The molecule has 0 bridgehead atoms. The average Bonchev–Trinajstić information content (AvgIpc) is 3.16. The molecule has 4 heterocycles. The number of ether oxygens (including phenoxy) is 2. The standard InChI is InChI=1S/C17H21N3O3/c1-13-3-2-6-20-12-14(18-16(13)20)11-15(21)19-7-4-17(5-8-19)22-9-10-23-17/h2-3,6,12H,4-5,7-11H2,1H3. The Morgan fingerprint density at radius 2 is 2.04 bits per heavy atom. The molecule has 0 unspecified atom stereocenters. The number of likely N-dealkylation sites (tertiary alicyclic amines) is 1. The summed E-state index contributed by atoms with van der Waals surface area (Å²) in [6.07, 6.45) is 5.75. The van der Waals surface area contributed by atoms with Crippen molar-refractivity contribution in [2.75, 3.05) is 26.3 Å². The van der Waals surface area contributed by atoms with Gasteiger partial charge in [0, 0.05) is 38.3 Å². The van der Waals surface area contributed by atoms with Crippen LogP contribution in [0.2, 0.25) is 0 Å². The number of hydrogen-bond donors (Lipinski definition) is 0. The van der Waals surface area contributed by atoms with E-state index in [4.69, 9.17) is 9.47 Å². The summed E-state index contributed by atoms with van der Waals surface area (Å²) in [5.41, 5.74) is 2.85. The molecule has 2 aromatic rings. The lowest BCUT2D eigenvalue weighted by Crippen LogP contribution is -2.47. The Morgan fingerprint density at radius 1 is 1.30 bits per heavy atom. The molecular formula is C17H21N3O3. The predicted octanol–water partition coefficient (Wildman–Crippen LogP) is 1.55. The average molecular weight is 315 g/mol. The Bertz CT molecular complexity index is 724. The summed E-state index contributed by atoms with van der Waals surface area (Å²) < 4.78 is 13.4. The van der Waals surface area contributed by atoms with E-state index >= 15 is 0 Å². The highest BCUT2D eigenvalue weighted by Gasteiger charge is 2.40. The quantitative estimate of drug-likeness (QED) is 0.844. The molecule has 0 aromatic carbocycles. The van der Waals surface area contributed by atoms with Crippen molar-refractivity contribution < 1.29 is 14.3 Å². The van der Waals surface area contributed by atoms with Crippen molar-refractivity contribution in [2.24, 2.45) is 0 Å². The van der Waals surface area contributed by atoms with E-state index in [2.05, 4.69) is 4.98 Å². The van der Waals surface area contributed by atoms with Crippen molar-refractivity contribution >= 4 is 11.6 Å². The van der Waals surface area contributed by atoms with Crippen LogP contribution in [0.5, 0.6) is 0 Å². The number of amides is 1. The molecule has 2 aromatic heterocycles. The van der Waals surface area contributed by atoms with Crippen molar-refractivity contribution in [1.29, 1.82) is 0 Å². The number of hydrogen-bond acceptors (Lipinski definition) is 4. The molecule has 2 aliphatic heterocycles. The van der Waals surface area contributed by atoms with Crippen molar-refractivity contribution in [3.05, 3.63) is 35.8 Å². The lowest BCUT2D eigenvalue weighted by molar-refractivity contribution is -0.187. The molecule has 122 valence electrons. The second-order valence-corrected chi connectivity index (χ2v) is 6.32. The number of imidazole rings is 1. The van der Waals surface area contributed by atoms with Gasteiger partial charge in [-0.2, -0.15) is 0 Å². The molecule has 0 N–H and O–H groups in total. The molecule has 0 aliphatic carbocycles. The van der Waals surface area contributed by atoms with E-state index < -0.39 is 5.79 Å². The zero-order valence-corrected chi connectivity index (χ0v) is 13.3. The Kier molecular flexibility index (Phi) is 3.58. The summed E-state index contributed by atoms with van der Waals surface area (Å²) in [4.78, 5) is 19.0. The first-order valence-electron chi connectivity index (χ1n) is 8.14. The van der Waals surface area contributed by atoms with E-state index in [-0.39, 0.29) is 5.91 Å². The summed E-state index contributed by atoms with van der Waals surface area (Å²) >= 11 is 0. The topological polar surface area (TPSA) is 56.1 Å². The molecule has 6 heteroatoms. The van der Waals surface area contributed by atoms with Crippen molar-refractivity contribution in [3.63, 3.8) is 0 Å². The zero-order chi connectivity index (χ0) is 15.9. The smallest absolute Gasteiger partial charge is 0.228 e. The molecule has 6 nitrogen and oxygen atoms in total. The predicted molar refractivity (Wildman–Crippen MR) is 84.1 cm³/mol. The molecule has 2 aliphatic rings. The van der Waals surface area contributed by atoms with E-state index in [1.807, 2.05) is 40.8 Å². The van der Waals surface area contributed by atoms with Gasteiger partial charge in [0.25, 0.3) is 0 Å². The monoisotopic (exact) mass is 315 g/mol. The van der Waals surface area contributed by atoms with Crippen LogP contribution < -0.4 is 0 Å². The van der Waals surface area contributed by atoms with Gasteiger partial charge in [-0.1, -0.05) is 6.07 Å². The van der Waals surface area contributed by atoms with Gasteiger partial charge in [-0.25, -0.2) is 4.98 Å². The van der Waals surface area contributed by atoms with E-state index in [0.29, 0.717) is 32.7 Å².